The first kappa shape index (κ1) is 18.0. The van der Waals surface area contributed by atoms with Crippen molar-refractivity contribution in [3.8, 4) is 0 Å². The highest BCUT2D eigenvalue weighted by Gasteiger charge is 2.12. The van der Waals surface area contributed by atoms with E-state index in [0.29, 0.717) is 10.0 Å². The number of hydrogen-bond acceptors (Lipinski definition) is 1. The molecule has 0 fully saturated rings. The lowest BCUT2D eigenvalue weighted by molar-refractivity contribution is 0.534. The van der Waals surface area contributed by atoms with E-state index in [0.717, 1.165) is 12.0 Å². The average molecular weight is 370 g/mol. The van der Waals surface area contributed by atoms with E-state index in [9.17, 15) is 0 Å². The molecule has 3 heteroatoms. The van der Waals surface area contributed by atoms with E-state index in [1.165, 1.54) is 16.3 Å². The zero-order valence-corrected chi connectivity index (χ0v) is 15.6. The van der Waals surface area contributed by atoms with Crippen LogP contribution in [0, 0.1) is 5.92 Å². The Morgan fingerprint density at radius 3 is 2.40 bits per heavy atom. The van der Waals surface area contributed by atoms with Gasteiger partial charge in [-0.05, 0) is 59.4 Å². The minimum Gasteiger partial charge on any atom is -0.327 e. The Bertz CT molecular complexity index is 899. The average Bonchev–Trinajstić information content (AvgIpc) is 2.61. The second-order valence-corrected chi connectivity index (χ2v) is 7.26. The van der Waals surface area contributed by atoms with E-state index in [1.807, 2.05) is 25.1 Å². The van der Waals surface area contributed by atoms with Gasteiger partial charge in [0, 0.05) is 6.04 Å². The van der Waals surface area contributed by atoms with Gasteiger partial charge in [-0.15, -0.1) is 0 Å². The molecule has 3 rings (SSSR count). The molecule has 25 heavy (non-hydrogen) atoms. The molecular weight excluding hydrogens is 349 g/mol. The van der Waals surface area contributed by atoms with Gasteiger partial charge in [0.25, 0.3) is 0 Å². The van der Waals surface area contributed by atoms with Crippen LogP contribution < -0.4 is 5.73 Å². The largest absolute Gasteiger partial charge is 0.327 e. The number of fused-ring (bicyclic) bond motifs is 1. The minimum atomic E-state index is 0.0474. The van der Waals surface area contributed by atoms with Crippen molar-refractivity contribution in [2.75, 3.05) is 0 Å². The molecule has 1 nitrogen and oxygen atoms in total. The fourth-order valence-corrected chi connectivity index (χ4v) is 3.23. The number of halogens is 2. The van der Waals surface area contributed by atoms with Crippen LogP contribution in [0.1, 0.15) is 18.1 Å². The van der Waals surface area contributed by atoms with E-state index in [-0.39, 0.29) is 12.0 Å². The summed E-state index contributed by atoms with van der Waals surface area (Å²) in [6.45, 7) is 2.03. The van der Waals surface area contributed by atoms with E-state index in [1.54, 1.807) is 0 Å². The summed E-state index contributed by atoms with van der Waals surface area (Å²) in [5.74, 6) is 0.226. The van der Waals surface area contributed by atoms with Crippen molar-refractivity contribution >= 4 is 40.1 Å². The van der Waals surface area contributed by atoms with Crippen LogP contribution >= 0.6 is 23.2 Å². The van der Waals surface area contributed by atoms with Crippen molar-refractivity contribution in [3.05, 3.63) is 87.9 Å². The first-order chi connectivity index (χ1) is 12.0. The summed E-state index contributed by atoms with van der Waals surface area (Å²) in [7, 11) is 0. The molecule has 0 amide bonds. The van der Waals surface area contributed by atoms with Gasteiger partial charge in [-0.2, -0.15) is 0 Å². The quantitative estimate of drug-likeness (QED) is 0.555. The van der Waals surface area contributed by atoms with E-state index in [4.69, 9.17) is 28.9 Å². The van der Waals surface area contributed by atoms with Gasteiger partial charge in [-0.3, -0.25) is 0 Å². The topological polar surface area (TPSA) is 26.0 Å². The number of hydrogen-bond donors (Lipinski definition) is 1. The lowest BCUT2D eigenvalue weighted by atomic mass is 9.92. The summed E-state index contributed by atoms with van der Waals surface area (Å²) in [4.78, 5) is 0. The Balaban J connectivity index is 1.80. The van der Waals surface area contributed by atoms with Crippen molar-refractivity contribution in [1.82, 2.24) is 0 Å². The van der Waals surface area contributed by atoms with Crippen LogP contribution in [0.3, 0.4) is 0 Å². The van der Waals surface area contributed by atoms with Crippen molar-refractivity contribution in [1.29, 1.82) is 0 Å². The first-order valence-electron chi connectivity index (χ1n) is 8.39. The van der Waals surface area contributed by atoms with Crippen LogP contribution in [0.4, 0.5) is 0 Å². The fourth-order valence-electron chi connectivity index (χ4n) is 2.91. The van der Waals surface area contributed by atoms with E-state index in [2.05, 4.69) is 54.6 Å². The lowest BCUT2D eigenvalue weighted by Crippen LogP contribution is -2.26. The van der Waals surface area contributed by atoms with Gasteiger partial charge in [0.1, 0.15) is 0 Å². The molecule has 0 heterocycles. The van der Waals surface area contributed by atoms with Gasteiger partial charge >= 0.3 is 0 Å². The van der Waals surface area contributed by atoms with Crippen molar-refractivity contribution in [3.63, 3.8) is 0 Å². The van der Waals surface area contributed by atoms with Crippen molar-refractivity contribution in [2.24, 2.45) is 11.7 Å². The number of nitrogens with two attached hydrogens (primary N) is 1. The Hall–Kier alpha value is -1.80. The second kappa shape index (κ2) is 8.05. The second-order valence-electron chi connectivity index (χ2n) is 6.44. The zero-order chi connectivity index (χ0) is 17.8. The van der Waals surface area contributed by atoms with Crippen LogP contribution in [-0.2, 0) is 6.42 Å². The highest BCUT2D eigenvalue weighted by molar-refractivity contribution is 6.42. The predicted octanol–water partition coefficient (Wildman–Crippen LogP) is 6.37. The maximum Gasteiger partial charge on any atom is 0.0595 e. The standard InChI is InChI=1S/C22H21Cl2N/c1-15(25)19(13-17-8-11-21(23)22(24)14-17)10-7-16-6-9-18-4-2-3-5-20(18)12-16/h2-12,14-15,19H,13,25H2,1H3/b10-7+/t15-,19+/m0/s1. The molecule has 2 N–H and O–H groups in total. The van der Waals surface area contributed by atoms with Crippen LogP contribution in [-0.4, -0.2) is 6.04 Å². The van der Waals surface area contributed by atoms with Crippen LogP contribution in [0.5, 0.6) is 0 Å². The maximum atomic E-state index is 6.20. The van der Waals surface area contributed by atoms with Crippen LogP contribution in [0.25, 0.3) is 16.8 Å². The maximum absolute atomic E-state index is 6.20. The third-order valence-electron chi connectivity index (χ3n) is 4.44. The summed E-state index contributed by atoms with van der Waals surface area (Å²) in [6, 6.07) is 20.7. The molecule has 0 radical (unpaired) electrons. The summed E-state index contributed by atoms with van der Waals surface area (Å²) in [5.41, 5.74) is 8.51. The predicted molar refractivity (Wildman–Crippen MR) is 110 cm³/mol. The molecular formula is C22H21Cl2N. The highest BCUT2D eigenvalue weighted by atomic mass is 35.5. The molecule has 0 saturated carbocycles. The molecule has 0 aliphatic rings. The molecule has 2 atom stereocenters. The van der Waals surface area contributed by atoms with Gasteiger partial charge < -0.3 is 5.73 Å². The third kappa shape index (κ3) is 4.64. The summed E-state index contributed by atoms with van der Waals surface area (Å²) in [6.07, 6.45) is 5.17. The highest BCUT2D eigenvalue weighted by Crippen LogP contribution is 2.25. The minimum absolute atomic E-state index is 0.0474. The van der Waals surface area contributed by atoms with Crippen LogP contribution in [0.15, 0.2) is 66.7 Å². The Morgan fingerprint density at radius 1 is 0.920 bits per heavy atom. The van der Waals surface area contributed by atoms with E-state index < -0.39 is 0 Å². The molecule has 0 saturated heterocycles. The first-order valence-corrected chi connectivity index (χ1v) is 9.15. The molecule has 3 aromatic rings. The third-order valence-corrected chi connectivity index (χ3v) is 5.18. The molecule has 0 bridgehead atoms. The van der Waals surface area contributed by atoms with Gasteiger partial charge in [-0.1, -0.05) is 77.8 Å². The summed E-state index contributed by atoms with van der Waals surface area (Å²) < 4.78 is 0. The molecule has 128 valence electrons. The van der Waals surface area contributed by atoms with Gasteiger partial charge in [0.15, 0.2) is 0 Å². The molecule has 0 unspecified atom stereocenters. The van der Waals surface area contributed by atoms with Gasteiger partial charge in [0.05, 0.1) is 10.0 Å². The normalized spacial score (nSPS) is 14.1. The van der Waals surface area contributed by atoms with Gasteiger partial charge in [-0.25, -0.2) is 0 Å². The van der Waals surface area contributed by atoms with Crippen LogP contribution in [0.2, 0.25) is 10.0 Å². The Labute approximate surface area is 159 Å². The smallest absolute Gasteiger partial charge is 0.0595 e. The molecule has 0 spiro atoms. The van der Waals surface area contributed by atoms with Gasteiger partial charge in [0.2, 0.25) is 0 Å². The number of rotatable bonds is 5. The Morgan fingerprint density at radius 2 is 1.68 bits per heavy atom. The number of benzene rings is 3. The fraction of sp³-hybridized carbons (Fsp3) is 0.182. The molecule has 3 aromatic carbocycles. The SMILES string of the molecule is C[C@H](N)[C@H](/C=C/c1ccc2ccccc2c1)Cc1ccc(Cl)c(Cl)c1. The molecule has 0 aliphatic carbocycles. The monoisotopic (exact) mass is 369 g/mol. The lowest BCUT2D eigenvalue weighted by Gasteiger charge is -2.17. The molecule has 0 aromatic heterocycles. The zero-order valence-electron chi connectivity index (χ0n) is 14.1. The summed E-state index contributed by atoms with van der Waals surface area (Å²) in [5, 5.41) is 3.65. The Kier molecular flexibility index (Phi) is 5.80. The summed E-state index contributed by atoms with van der Waals surface area (Å²) >= 11 is 12.1. The molecule has 0 aliphatic heterocycles. The van der Waals surface area contributed by atoms with Crippen molar-refractivity contribution < 1.29 is 0 Å². The van der Waals surface area contributed by atoms with Crippen molar-refractivity contribution in [2.45, 2.75) is 19.4 Å². The van der Waals surface area contributed by atoms with E-state index >= 15 is 0 Å².